The summed E-state index contributed by atoms with van der Waals surface area (Å²) in [4.78, 5) is -0.0848. The van der Waals surface area contributed by atoms with Crippen LogP contribution < -0.4 is 51.4 Å². The molecule has 0 saturated carbocycles. The Balaban J connectivity index is 0.00000180. The molecular weight excluding hydrogens is 287 g/mol. The molecule has 0 radical (unpaired) electrons. The third-order valence-electron chi connectivity index (χ3n) is 3.20. The van der Waals surface area contributed by atoms with Gasteiger partial charge >= 0.3 is 51.4 Å². The summed E-state index contributed by atoms with van der Waals surface area (Å²) in [5.74, 6) is 0. The van der Waals surface area contributed by atoms with Crippen LogP contribution in [0.15, 0.2) is 35.2 Å². The Morgan fingerprint density at radius 3 is 2.26 bits per heavy atom. The molecule has 0 fully saturated rings. The van der Waals surface area contributed by atoms with Crippen molar-refractivity contribution >= 4 is 20.9 Å². The summed E-state index contributed by atoms with van der Waals surface area (Å²) in [7, 11) is -4.41. The number of fused-ring (bicyclic) bond motifs is 1. The van der Waals surface area contributed by atoms with Crippen LogP contribution in [0.1, 0.15) is 25.0 Å². The SMILES string of the molecule is CCc1cccc2ccc(S(=O)(=O)[O-])c(CC)c12.[K+]. The fourth-order valence-electron chi connectivity index (χ4n) is 2.40. The van der Waals surface area contributed by atoms with Gasteiger partial charge in [-0.15, -0.1) is 0 Å². The Bertz CT molecular complexity index is 693. The minimum atomic E-state index is -4.41. The zero-order valence-electron chi connectivity index (χ0n) is 11.4. The van der Waals surface area contributed by atoms with Gasteiger partial charge in [0, 0.05) is 0 Å². The molecule has 0 atom stereocenters. The normalized spacial score (nSPS) is 11.3. The third-order valence-corrected chi connectivity index (χ3v) is 4.12. The Morgan fingerprint density at radius 1 is 1.05 bits per heavy atom. The fraction of sp³-hybridized carbons (Fsp3) is 0.286. The molecule has 0 spiro atoms. The molecule has 0 aromatic heterocycles. The molecule has 2 aromatic rings. The molecule has 0 bridgehead atoms. The third kappa shape index (κ3) is 3.47. The van der Waals surface area contributed by atoms with Crippen molar-refractivity contribution in [3.05, 3.63) is 41.5 Å². The molecule has 0 unspecified atom stereocenters. The van der Waals surface area contributed by atoms with E-state index in [4.69, 9.17) is 0 Å². The van der Waals surface area contributed by atoms with E-state index < -0.39 is 10.1 Å². The van der Waals surface area contributed by atoms with E-state index >= 15 is 0 Å². The van der Waals surface area contributed by atoms with Crippen molar-refractivity contribution in [1.29, 1.82) is 0 Å². The summed E-state index contributed by atoms with van der Waals surface area (Å²) in [6.07, 6.45) is 1.35. The molecule has 3 nitrogen and oxygen atoms in total. The van der Waals surface area contributed by atoms with Gasteiger partial charge in [-0.05, 0) is 40.8 Å². The number of hydrogen-bond acceptors (Lipinski definition) is 3. The maximum absolute atomic E-state index is 11.3. The largest absolute Gasteiger partial charge is 1.00 e. The maximum atomic E-state index is 11.3. The van der Waals surface area contributed by atoms with Crippen molar-refractivity contribution in [1.82, 2.24) is 0 Å². The van der Waals surface area contributed by atoms with Crippen LogP contribution in [0.4, 0.5) is 0 Å². The molecule has 19 heavy (non-hydrogen) atoms. The quantitative estimate of drug-likeness (QED) is 0.586. The molecule has 0 aliphatic carbocycles. The van der Waals surface area contributed by atoms with Gasteiger partial charge in [0.25, 0.3) is 0 Å². The van der Waals surface area contributed by atoms with Gasteiger partial charge in [-0.3, -0.25) is 0 Å². The van der Waals surface area contributed by atoms with Crippen LogP contribution >= 0.6 is 0 Å². The van der Waals surface area contributed by atoms with E-state index in [1.807, 2.05) is 32.0 Å². The number of rotatable bonds is 3. The van der Waals surface area contributed by atoms with E-state index in [1.165, 1.54) is 6.07 Å². The van der Waals surface area contributed by atoms with Crippen LogP contribution in [0.3, 0.4) is 0 Å². The van der Waals surface area contributed by atoms with Crippen molar-refractivity contribution in [2.75, 3.05) is 0 Å². The van der Waals surface area contributed by atoms with Gasteiger partial charge in [0.15, 0.2) is 0 Å². The Labute approximate surface area is 156 Å². The Kier molecular flexibility index (Phi) is 6.19. The van der Waals surface area contributed by atoms with E-state index in [0.717, 1.165) is 22.8 Å². The van der Waals surface area contributed by atoms with Gasteiger partial charge in [0.2, 0.25) is 0 Å². The monoisotopic (exact) mass is 302 g/mol. The van der Waals surface area contributed by atoms with Gasteiger partial charge in [0.1, 0.15) is 10.1 Å². The van der Waals surface area contributed by atoms with Crippen molar-refractivity contribution < 1.29 is 64.4 Å². The summed E-state index contributed by atoms with van der Waals surface area (Å²) in [6, 6.07) is 8.99. The second-order valence-corrected chi connectivity index (χ2v) is 5.57. The van der Waals surface area contributed by atoms with E-state index in [2.05, 4.69) is 0 Å². The maximum Gasteiger partial charge on any atom is 1.00 e. The first-order valence-electron chi connectivity index (χ1n) is 5.98. The van der Waals surface area contributed by atoms with E-state index in [0.29, 0.717) is 12.0 Å². The van der Waals surface area contributed by atoms with E-state index in [-0.39, 0.29) is 56.3 Å². The molecule has 2 aromatic carbocycles. The minimum Gasteiger partial charge on any atom is -0.744 e. The van der Waals surface area contributed by atoms with Crippen LogP contribution in [0.2, 0.25) is 0 Å². The summed E-state index contributed by atoms with van der Waals surface area (Å²) >= 11 is 0. The minimum absolute atomic E-state index is 0. The van der Waals surface area contributed by atoms with Crippen LogP contribution in [0.5, 0.6) is 0 Å². The second kappa shape index (κ2) is 6.80. The fourth-order valence-corrected chi connectivity index (χ4v) is 3.18. The van der Waals surface area contributed by atoms with Gasteiger partial charge in [-0.25, -0.2) is 8.42 Å². The molecule has 2 rings (SSSR count). The molecule has 5 heteroatoms. The summed E-state index contributed by atoms with van der Waals surface area (Å²) in [5, 5.41) is 1.90. The van der Waals surface area contributed by atoms with Crippen molar-refractivity contribution in [3.8, 4) is 0 Å². The number of aryl methyl sites for hydroxylation is 2. The second-order valence-electron chi connectivity index (χ2n) is 4.22. The Morgan fingerprint density at radius 2 is 1.74 bits per heavy atom. The summed E-state index contributed by atoms with van der Waals surface area (Å²) < 4.78 is 33.9. The van der Waals surface area contributed by atoms with E-state index in [9.17, 15) is 13.0 Å². The first kappa shape index (κ1) is 17.3. The molecule has 96 valence electrons. The average Bonchev–Trinajstić information content (AvgIpc) is 2.35. The zero-order chi connectivity index (χ0) is 13.3. The topological polar surface area (TPSA) is 57.2 Å². The Hall–Kier alpha value is 0.246. The van der Waals surface area contributed by atoms with Gasteiger partial charge in [-0.2, -0.15) is 0 Å². The molecule has 0 N–H and O–H groups in total. The van der Waals surface area contributed by atoms with Crippen LogP contribution in [-0.4, -0.2) is 13.0 Å². The molecule has 0 aliphatic heterocycles. The summed E-state index contributed by atoms with van der Waals surface area (Å²) in [6.45, 7) is 3.89. The molecule has 0 saturated heterocycles. The standard InChI is InChI=1S/C14H16O3S.K/c1-3-10-6-5-7-11-8-9-13(18(15,16)17)12(4-2)14(10)11;/h5-9H,3-4H2,1-2H3,(H,15,16,17);/q;+1/p-1. The van der Waals surface area contributed by atoms with Crippen LogP contribution in [0, 0.1) is 0 Å². The van der Waals surface area contributed by atoms with Crippen molar-refractivity contribution in [2.45, 2.75) is 31.6 Å². The number of hydrogen-bond donors (Lipinski definition) is 0. The van der Waals surface area contributed by atoms with Gasteiger partial charge in [-0.1, -0.05) is 38.1 Å². The predicted molar refractivity (Wildman–Crippen MR) is 70.7 cm³/mol. The van der Waals surface area contributed by atoms with Crippen molar-refractivity contribution in [3.63, 3.8) is 0 Å². The van der Waals surface area contributed by atoms with Gasteiger partial charge < -0.3 is 4.55 Å². The summed E-state index contributed by atoms with van der Waals surface area (Å²) in [5.41, 5.74) is 1.72. The van der Waals surface area contributed by atoms with Gasteiger partial charge in [0.05, 0.1) is 4.90 Å². The first-order valence-corrected chi connectivity index (χ1v) is 7.39. The molecule has 0 heterocycles. The van der Waals surface area contributed by atoms with E-state index in [1.54, 1.807) is 6.07 Å². The predicted octanol–water partition coefficient (Wildman–Crippen LogP) is -0.127. The average molecular weight is 302 g/mol. The van der Waals surface area contributed by atoms with Crippen LogP contribution in [-0.2, 0) is 23.0 Å². The van der Waals surface area contributed by atoms with Crippen molar-refractivity contribution in [2.24, 2.45) is 0 Å². The molecule has 0 aliphatic rings. The number of benzene rings is 2. The molecule has 0 amide bonds. The first-order chi connectivity index (χ1) is 8.49. The zero-order valence-corrected chi connectivity index (χ0v) is 15.4. The molecular formula is C14H15KO3S. The smallest absolute Gasteiger partial charge is 0.744 e. The van der Waals surface area contributed by atoms with Crippen LogP contribution in [0.25, 0.3) is 10.8 Å².